The molecule has 7 nitrogen and oxygen atoms in total. The SMILES string of the molecule is Cc1csc(-c2ccc(S(=O)(=O)N[C@H](CCO)C(=O)O)cc2)n1. The van der Waals surface area contributed by atoms with E-state index in [1.807, 2.05) is 12.3 Å². The summed E-state index contributed by atoms with van der Waals surface area (Å²) in [6.07, 6.45) is -0.203. The topological polar surface area (TPSA) is 117 Å². The molecule has 0 aliphatic rings. The smallest absolute Gasteiger partial charge is 0.321 e. The lowest BCUT2D eigenvalue weighted by Crippen LogP contribution is -2.41. The van der Waals surface area contributed by atoms with E-state index in [1.165, 1.54) is 23.5 Å². The highest BCUT2D eigenvalue weighted by molar-refractivity contribution is 7.89. The van der Waals surface area contributed by atoms with E-state index in [0.29, 0.717) is 0 Å². The highest BCUT2D eigenvalue weighted by Gasteiger charge is 2.24. The van der Waals surface area contributed by atoms with Crippen molar-refractivity contribution in [3.63, 3.8) is 0 Å². The van der Waals surface area contributed by atoms with Crippen molar-refractivity contribution in [2.45, 2.75) is 24.3 Å². The minimum atomic E-state index is -3.98. The molecule has 23 heavy (non-hydrogen) atoms. The standard InChI is InChI=1S/C14H16N2O5S2/c1-9-8-22-13(15-9)10-2-4-11(5-3-10)23(20,21)16-12(6-7-17)14(18)19/h2-5,8,12,16-17H,6-7H2,1H3,(H,18,19)/t12-/m1/s1. The van der Waals surface area contributed by atoms with Crippen molar-refractivity contribution in [2.75, 3.05) is 6.61 Å². The van der Waals surface area contributed by atoms with Gasteiger partial charge in [0.15, 0.2) is 0 Å². The first-order valence-corrected chi connectivity index (χ1v) is 9.08. The Morgan fingerprint density at radius 1 is 1.35 bits per heavy atom. The highest BCUT2D eigenvalue weighted by atomic mass is 32.2. The number of aliphatic hydroxyl groups excluding tert-OH is 1. The summed E-state index contributed by atoms with van der Waals surface area (Å²) in [4.78, 5) is 15.3. The Bertz CT molecular complexity index is 784. The molecule has 0 aliphatic carbocycles. The van der Waals surface area contributed by atoms with Crippen molar-refractivity contribution in [3.8, 4) is 10.6 Å². The maximum absolute atomic E-state index is 12.2. The number of aliphatic hydroxyl groups is 1. The van der Waals surface area contributed by atoms with Crippen LogP contribution in [-0.2, 0) is 14.8 Å². The summed E-state index contributed by atoms with van der Waals surface area (Å²) in [5.74, 6) is -1.34. The van der Waals surface area contributed by atoms with Gasteiger partial charge in [-0.2, -0.15) is 4.72 Å². The Morgan fingerprint density at radius 3 is 2.48 bits per heavy atom. The Kier molecular flexibility index (Phi) is 5.47. The van der Waals surface area contributed by atoms with Crippen LogP contribution in [0.1, 0.15) is 12.1 Å². The van der Waals surface area contributed by atoms with E-state index < -0.39 is 28.6 Å². The number of sulfonamides is 1. The van der Waals surface area contributed by atoms with Gasteiger partial charge in [-0.05, 0) is 25.5 Å². The van der Waals surface area contributed by atoms with Crippen molar-refractivity contribution in [1.29, 1.82) is 0 Å². The third-order valence-corrected chi connectivity index (χ3v) is 5.54. The molecule has 0 fully saturated rings. The zero-order valence-corrected chi connectivity index (χ0v) is 13.9. The zero-order valence-electron chi connectivity index (χ0n) is 12.3. The fraction of sp³-hybridized carbons (Fsp3) is 0.286. The second-order valence-corrected chi connectivity index (χ2v) is 7.41. The van der Waals surface area contributed by atoms with Gasteiger partial charge in [0.05, 0.1) is 4.90 Å². The zero-order chi connectivity index (χ0) is 17.0. The molecule has 1 aromatic carbocycles. The van der Waals surface area contributed by atoms with Crippen molar-refractivity contribution in [1.82, 2.24) is 9.71 Å². The first-order valence-electron chi connectivity index (χ1n) is 6.72. The van der Waals surface area contributed by atoms with Crippen LogP contribution in [0.3, 0.4) is 0 Å². The average molecular weight is 356 g/mol. The number of rotatable bonds is 7. The van der Waals surface area contributed by atoms with Crippen LogP contribution in [-0.4, -0.2) is 42.2 Å². The predicted molar refractivity (Wildman–Crippen MR) is 85.7 cm³/mol. The monoisotopic (exact) mass is 356 g/mol. The number of carbonyl (C=O) groups is 1. The van der Waals surface area contributed by atoms with Gasteiger partial charge >= 0.3 is 5.97 Å². The third-order valence-electron chi connectivity index (χ3n) is 3.04. The quantitative estimate of drug-likeness (QED) is 0.687. The number of hydrogen-bond donors (Lipinski definition) is 3. The lowest BCUT2D eigenvalue weighted by molar-refractivity contribution is -0.139. The van der Waals surface area contributed by atoms with Crippen molar-refractivity contribution in [2.24, 2.45) is 0 Å². The van der Waals surface area contributed by atoms with E-state index in [2.05, 4.69) is 9.71 Å². The van der Waals surface area contributed by atoms with Crippen LogP contribution in [0.25, 0.3) is 10.6 Å². The highest BCUT2D eigenvalue weighted by Crippen LogP contribution is 2.24. The molecule has 124 valence electrons. The summed E-state index contributed by atoms with van der Waals surface area (Å²) in [6, 6.07) is 4.66. The number of thiazole rings is 1. The summed E-state index contributed by atoms with van der Waals surface area (Å²) < 4.78 is 26.5. The normalized spacial score (nSPS) is 13.0. The fourth-order valence-corrected chi connectivity index (χ4v) is 3.91. The lowest BCUT2D eigenvalue weighted by Gasteiger charge is -2.13. The van der Waals surface area contributed by atoms with Gasteiger partial charge in [-0.3, -0.25) is 4.79 Å². The molecule has 1 atom stereocenters. The van der Waals surface area contributed by atoms with Gasteiger partial charge in [0.2, 0.25) is 10.0 Å². The number of aryl methyl sites for hydroxylation is 1. The molecule has 1 heterocycles. The number of aliphatic carboxylic acids is 1. The average Bonchev–Trinajstić information content (AvgIpc) is 2.93. The molecule has 2 aromatic rings. The van der Waals surface area contributed by atoms with Crippen molar-refractivity contribution >= 4 is 27.3 Å². The Morgan fingerprint density at radius 2 is 2.00 bits per heavy atom. The van der Waals surface area contributed by atoms with E-state index in [1.54, 1.807) is 12.1 Å². The number of aromatic nitrogens is 1. The summed E-state index contributed by atoms with van der Waals surface area (Å²) in [5.41, 5.74) is 1.67. The molecule has 0 spiro atoms. The molecule has 0 bridgehead atoms. The number of nitrogens with one attached hydrogen (secondary N) is 1. The third kappa shape index (κ3) is 4.35. The Labute approximate surface area is 137 Å². The summed E-state index contributed by atoms with van der Waals surface area (Å²) in [5, 5.41) is 20.5. The van der Waals surface area contributed by atoms with E-state index >= 15 is 0 Å². The van der Waals surface area contributed by atoms with Crippen LogP contribution >= 0.6 is 11.3 Å². The number of benzene rings is 1. The minimum absolute atomic E-state index is 0.0429. The van der Waals surface area contributed by atoms with Gasteiger partial charge in [-0.25, -0.2) is 13.4 Å². The molecule has 9 heteroatoms. The van der Waals surface area contributed by atoms with E-state index in [-0.39, 0.29) is 11.3 Å². The van der Waals surface area contributed by atoms with E-state index in [4.69, 9.17) is 10.2 Å². The molecule has 0 saturated heterocycles. The molecule has 0 aliphatic heterocycles. The Hall–Kier alpha value is -1.81. The van der Waals surface area contributed by atoms with Crippen LogP contribution in [0.15, 0.2) is 34.5 Å². The van der Waals surface area contributed by atoms with E-state index in [0.717, 1.165) is 16.3 Å². The maximum atomic E-state index is 12.2. The number of nitrogens with zero attached hydrogens (tertiary/aromatic N) is 1. The van der Waals surface area contributed by atoms with E-state index in [9.17, 15) is 13.2 Å². The molecule has 0 amide bonds. The number of carboxylic acids is 1. The van der Waals surface area contributed by atoms with Gasteiger partial charge < -0.3 is 10.2 Å². The number of hydrogen-bond acceptors (Lipinski definition) is 6. The van der Waals surface area contributed by atoms with Crippen molar-refractivity contribution < 1.29 is 23.4 Å². The molecule has 3 N–H and O–H groups in total. The van der Waals surface area contributed by atoms with Gasteiger partial charge in [-0.1, -0.05) is 12.1 Å². The van der Waals surface area contributed by atoms with Gasteiger partial charge in [0.1, 0.15) is 11.0 Å². The first kappa shape index (κ1) is 17.5. The molecular formula is C14H16N2O5S2. The summed E-state index contributed by atoms with van der Waals surface area (Å²) in [6.45, 7) is 1.44. The minimum Gasteiger partial charge on any atom is -0.480 e. The van der Waals surface area contributed by atoms with Crippen LogP contribution < -0.4 is 4.72 Å². The Balaban J connectivity index is 2.21. The molecule has 0 radical (unpaired) electrons. The molecule has 0 unspecified atom stereocenters. The molecular weight excluding hydrogens is 340 g/mol. The molecule has 2 rings (SSSR count). The van der Waals surface area contributed by atoms with Gasteiger partial charge in [0, 0.05) is 23.2 Å². The lowest BCUT2D eigenvalue weighted by atomic mass is 10.2. The largest absolute Gasteiger partial charge is 0.480 e. The fourth-order valence-electron chi connectivity index (χ4n) is 1.88. The van der Waals surface area contributed by atoms with Gasteiger partial charge in [-0.15, -0.1) is 11.3 Å². The second kappa shape index (κ2) is 7.18. The van der Waals surface area contributed by atoms with Crippen LogP contribution in [0.5, 0.6) is 0 Å². The maximum Gasteiger partial charge on any atom is 0.321 e. The first-order chi connectivity index (χ1) is 10.8. The molecule has 0 saturated carbocycles. The second-order valence-electron chi connectivity index (χ2n) is 4.84. The van der Waals surface area contributed by atoms with Gasteiger partial charge in [0.25, 0.3) is 0 Å². The number of carboxylic acid groups (broad SMARTS) is 1. The summed E-state index contributed by atoms with van der Waals surface area (Å²) in [7, 11) is -3.98. The summed E-state index contributed by atoms with van der Waals surface area (Å²) >= 11 is 1.46. The van der Waals surface area contributed by atoms with Crippen LogP contribution in [0.4, 0.5) is 0 Å². The van der Waals surface area contributed by atoms with Crippen molar-refractivity contribution in [3.05, 3.63) is 35.3 Å². The predicted octanol–water partition coefficient (Wildman–Crippen LogP) is 1.23. The van der Waals surface area contributed by atoms with Crippen LogP contribution in [0.2, 0.25) is 0 Å². The van der Waals surface area contributed by atoms with Crippen LogP contribution in [0, 0.1) is 6.92 Å². The molecule has 1 aromatic heterocycles.